The summed E-state index contributed by atoms with van der Waals surface area (Å²) in [6.45, 7) is -1.50. The second-order valence-electron chi connectivity index (χ2n) is 11.4. The molecule has 0 saturated heterocycles. The van der Waals surface area contributed by atoms with Gasteiger partial charge < -0.3 is 68.2 Å². The fourth-order valence-electron chi connectivity index (χ4n) is 4.34. The number of aromatic amines is 1. The molecule has 0 bridgehead atoms. The summed E-state index contributed by atoms with van der Waals surface area (Å²) >= 11 is 4.15. The maximum absolute atomic E-state index is 13.5. The molecule has 0 spiro atoms. The molecule has 2 aromatic rings. The van der Waals surface area contributed by atoms with Gasteiger partial charge in [0.05, 0.1) is 31.3 Å². The number of carbonyl (C=O) groups excluding carboxylic acids is 6. The first-order valence-corrected chi connectivity index (χ1v) is 16.3. The number of thiol groups is 1. The van der Waals surface area contributed by atoms with Crippen molar-refractivity contribution in [2.45, 2.75) is 62.1 Å². The van der Waals surface area contributed by atoms with Crippen LogP contribution >= 0.6 is 12.6 Å². The molecule has 286 valence electrons. The summed E-state index contributed by atoms with van der Waals surface area (Å²) in [7, 11) is 0. The number of hydrogen-bond donors (Lipinski definition) is 14. The summed E-state index contributed by atoms with van der Waals surface area (Å²) in [4.78, 5) is 95.4. The van der Waals surface area contributed by atoms with E-state index in [1.165, 1.54) is 43.7 Å². The molecule has 22 heteroatoms. The van der Waals surface area contributed by atoms with Gasteiger partial charge >= 0.3 is 5.97 Å². The number of H-pyrrole nitrogens is 1. The summed E-state index contributed by atoms with van der Waals surface area (Å²) in [5.74, 6) is -7.69. The van der Waals surface area contributed by atoms with E-state index in [-0.39, 0.29) is 24.3 Å². The van der Waals surface area contributed by atoms with Crippen LogP contribution in [0.5, 0.6) is 5.75 Å². The molecular weight excluding hydrogens is 710 g/mol. The number of imidazole rings is 1. The van der Waals surface area contributed by atoms with Crippen molar-refractivity contribution in [3.8, 4) is 5.75 Å². The minimum atomic E-state index is -1.73. The molecule has 0 aliphatic heterocycles. The third-order valence-electron chi connectivity index (χ3n) is 7.29. The van der Waals surface area contributed by atoms with E-state index in [0.29, 0.717) is 11.3 Å². The predicted molar refractivity (Wildman–Crippen MR) is 182 cm³/mol. The van der Waals surface area contributed by atoms with Crippen LogP contribution in [-0.2, 0) is 46.4 Å². The number of aliphatic hydroxyl groups is 3. The summed E-state index contributed by atoms with van der Waals surface area (Å²) in [5, 5.41) is 61.2. The molecule has 0 unspecified atom stereocenters. The molecule has 7 atom stereocenters. The van der Waals surface area contributed by atoms with Gasteiger partial charge in [-0.25, -0.2) is 4.98 Å². The second kappa shape index (κ2) is 21.2. The summed E-state index contributed by atoms with van der Waals surface area (Å²) < 4.78 is 0. The number of nitrogens with one attached hydrogen (secondary N) is 7. The zero-order valence-corrected chi connectivity index (χ0v) is 28.7. The van der Waals surface area contributed by atoms with Crippen molar-refractivity contribution in [1.82, 2.24) is 41.9 Å². The average Bonchev–Trinajstić information content (AvgIpc) is 3.63. The first-order valence-electron chi connectivity index (χ1n) is 15.6. The fraction of sp³-hybridized carbons (Fsp3) is 0.467. The predicted octanol–water partition coefficient (Wildman–Crippen LogP) is -5.85. The number of amides is 6. The monoisotopic (exact) mass is 753 g/mol. The highest BCUT2D eigenvalue weighted by Gasteiger charge is 2.33. The van der Waals surface area contributed by atoms with Crippen molar-refractivity contribution < 1.29 is 59.1 Å². The maximum atomic E-state index is 13.5. The number of nitrogens with zero attached hydrogens (tertiary/aromatic N) is 1. The molecule has 1 heterocycles. The van der Waals surface area contributed by atoms with Crippen molar-refractivity contribution in [3.63, 3.8) is 0 Å². The molecule has 0 aliphatic rings. The molecule has 1 aromatic carbocycles. The van der Waals surface area contributed by atoms with Crippen molar-refractivity contribution >= 4 is 54.0 Å². The van der Waals surface area contributed by atoms with Gasteiger partial charge in [-0.05, 0) is 24.6 Å². The summed E-state index contributed by atoms with van der Waals surface area (Å²) in [6.07, 6.45) is 1.17. The number of carbonyl (C=O) groups is 7. The van der Waals surface area contributed by atoms with Crippen molar-refractivity contribution in [1.29, 1.82) is 0 Å². The van der Waals surface area contributed by atoms with Crippen LogP contribution in [-0.4, -0.2) is 145 Å². The number of nitrogens with two attached hydrogens (primary N) is 1. The topological polar surface area (TPSA) is 348 Å². The average molecular weight is 754 g/mol. The Hall–Kier alpha value is -5.29. The normalized spacial score (nSPS) is 15.0. The number of phenols is 1. The Morgan fingerprint density at radius 1 is 0.769 bits per heavy atom. The molecule has 14 N–H and O–H groups in total. The lowest BCUT2D eigenvalue weighted by Gasteiger charge is -2.26. The van der Waals surface area contributed by atoms with Gasteiger partial charge in [-0.1, -0.05) is 12.1 Å². The minimum Gasteiger partial charge on any atom is -0.508 e. The van der Waals surface area contributed by atoms with Gasteiger partial charge in [0.25, 0.3) is 0 Å². The Morgan fingerprint density at radius 3 is 1.75 bits per heavy atom. The standard InChI is InChI=1S/C30H43N9O12S/c1-14(42)24(31)30(51)36-19(7-16-8-32-13-34-16)27(48)39-22(12-52)29(50)35-18(6-15-2-4-17(43)5-3-15)26(47)38-21(11-41)28(49)37-20(10-40)25(46)33-9-23(44)45/h2-5,8,13-14,18-22,24,40-43,52H,6-7,9-12,31H2,1H3,(H,32,34)(H,33,46)(H,35,50)(H,36,51)(H,37,49)(H,38,47)(H,39,48)(H,44,45)/t14-,18+,19+,20+,21+,22+,24+/m1/s1. The van der Waals surface area contributed by atoms with Gasteiger partial charge in [-0.3, -0.25) is 33.6 Å². The third-order valence-corrected chi connectivity index (χ3v) is 7.66. The van der Waals surface area contributed by atoms with Crippen molar-refractivity contribution in [2.75, 3.05) is 25.5 Å². The molecule has 0 saturated carbocycles. The van der Waals surface area contributed by atoms with Gasteiger partial charge in [-0.2, -0.15) is 12.6 Å². The van der Waals surface area contributed by atoms with E-state index in [2.05, 4.69) is 49.2 Å². The highest BCUT2D eigenvalue weighted by atomic mass is 32.1. The molecule has 0 fully saturated rings. The molecule has 0 radical (unpaired) electrons. The summed E-state index contributed by atoms with van der Waals surface area (Å²) in [5.41, 5.74) is 6.49. The second-order valence-corrected chi connectivity index (χ2v) is 11.7. The van der Waals surface area contributed by atoms with Crippen LogP contribution in [0.25, 0.3) is 0 Å². The van der Waals surface area contributed by atoms with E-state index in [0.717, 1.165) is 0 Å². The Bertz CT molecular complexity index is 1530. The van der Waals surface area contributed by atoms with Gasteiger partial charge in [-0.15, -0.1) is 0 Å². The van der Waals surface area contributed by atoms with Crippen LogP contribution in [0.2, 0.25) is 0 Å². The summed E-state index contributed by atoms with van der Waals surface area (Å²) in [6, 6.07) is -3.48. The van der Waals surface area contributed by atoms with Gasteiger partial charge in [0.2, 0.25) is 35.4 Å². The lowest BCUT2D eigenvalue weighted by atomic mass is 10.0. The number of carboxylic acids is 1. The van der Waals surface area contributed by atoms with Crippen LogP contribution in [0.4, 0.5) is 0 Å². The van der Waals surface area contributed by atoms with E-state index in [4.69, 9.17) is 10.8 Å². The Balaban J connectivity index is 2.26. The molecule has 1 aromatic heterocycles. The van der Waals surface area contributed by atoms with Crippen LogP contribution in [0.1, 0.15) is 18.2 Å². The Morgan fingerprint density at radius 2 is 1.25 bits per heavy atom. The van der Waals surface area contributed by atoms with Gasteiger partial charge in [0, 0.05) is 24.8 Å². The maximum Gasteiger partial charge on any atom is 0.322 e. The quantitative estimate of drug-likeness (QED) is 0.0528. The van der Waals surface area contributed by atoms with E-state index < -0.39 is 104 Å². The number of aromatic hydroxyl groups is 1. The van der Waals surface area contributed by atoms with Crippen LogP contribution in [0, 0.1) is 0 Å². The minimum absolute atomic E-state index is 0.0969. The zero-order valence-electron chi connectivity index (χ0n) is 27.8. The zero-order chi connectivity index (χ0) is 39.0. The van der Waals surface area contributed by atoms with Crippen LogP contribution < -0.4 is 37.6 Å². The number of hydrogen-bond acceptors (Lipinski definition) is 14. The van der Waals surface area contributed by atoms with Gasteiger partial charge in [0.1, 0.15) is 48.5 Å². The number of benzene rings is 1. The Labute approximate surface area is 301 Å². The SMILES string of the molecule is C[C@@H](O)[C@H](N)C(=O)N[C@@H](Cc1c[nH]cn1)C(=O)N[C@@H](CS)C(=O)N[C@@H](Cc1ccc(O)cc1)C(=O)N[C@@H](CO)C(=O)N[C@@H](CO)C(=O)NCC(=O)O. The lowest BCUT2D eigenvalue weighted by Crippen LogP contribution is -2.61. The highest BCUT2D eigenvalue weighted by molar-refractivity contribution is 7.80. The lowest BCUT2D eigenvalue weighted by molar-refractivity contribution is -0.139. The van der Waals surface area contributed by atoms with E-state index in [9.17, 15) is 54.0 Å². The number of aliphatic hydroxyl groups excluding tert-OH is 3. The number of carboxylic acid groups (broad SMARTS) is 1. The first kappa shape index (κ1) is 42.9. The molecule has 0 aliphatic carbocycles. The van der Waals surface area contributed by atoms with E-state index >= 15 is 0 Å². The highest BCUT2D eigenvalue weighted by Crippen LogP contribution is 2.12. The third kappa shape index (κ3) is 13.8. The number of aromatic nitrogens is 2. The number of phenolic OH excluding ortho intramolecular Hbond substituents is 1. The first-order chi connectivity index (χ1) is 24.6. The fourth-order valence-corrected chi connectivity index (χ4v) is 4.60. The molecule has 2 rings (SSSR count). The van der Waals surface area contributed by atoms with Crippen LogP contribution in [0.15, 0.2) is 36.8 Å². The van der Waals surface area contributed by atoms with Crippen molar-refractivity contribution in [3.05, 3.63) is 48.0 Å². The Kier molecular flexibility index (Phi) is 17.4. The molecule has 52 heavy (non-hydrogen) atoms. The van der Waals surface area contributed by atoms with E-state index in [1.54, 1.807) is 0 Å². The smallest absolute Gasteiger partial charge is 0.322 e. The molecule has 21 nitrogen and oxygen atoms in total. The molecule has 6 amide bonds. The molecular formula is C30H43N9O12S. The van der Waals surface area contributed by atoms with E-state index in [1.807, 2.05) is 5.32 Å². The van der Waals surface area contributed by atoms with Gasteiger partial charge in [0.15, 0.2) is 0 Å². The largest absolute Gasteiger partial charge is 0.508 e. The number of aliphatic carboxylic acids is 1. The van der Waals surface area contributed by atoms with Crippen molar-refractivity contribution in [2.24, 2.45) is 5.73 Å². The van der Waals surface area contributed by atoms with Crippen LogP contribution in [0.3, 0.4) is 0 Å². The number of rotatable bonds is 21.